The van der Waals surface area contributed by atoms with Gasteiger partial charge in [-0.15, -0.1) is 0 Å². The summed E-state index contributed by atoms with van der Waals surface area (Å²) in [7, 11) is 0. The second-order valence-corrected chi connectivity index (χ2v) is 6.39. The van der Waals surface area contributed by atoms with Crippen molar-refractivity contribution in [2.45, 2.75) is 57.7 Å². The molecule has 0 radical (unpaired) electrons. The lowest BCUT2D eigenvalue weighted by Gasteiger charge is -2.31. The standard InChI is InChI=1S/C18H25NO3/c1-13-17(22-16-11-5-4-10-15(16)21-13)18(20)19-12-6-9-14-7-2-3-8-14/h4-5,10-11,13-14,17H,2-3,6-9,12H2,1H3,(H,19,20). The second-order valence-electron chi connectivity index (χ2n) is 6.39. The number of hydrogen-bond acceptors (Lipinski definition) is 3. The van der Waals surface area contributed by atoms with Crippen molar-refractivity contribution in [3.8, 4) is 11.5 Å². The van der Waals surface area contributed by atoms with Gasteiger partial charge in [-0.05, 0) is 37.8 Å². The SMILES string of the molecule is CC1Oc2ccccc2OC1C(=O)NCCCC1CCCC1. The van der Waals surface area contributed by atoms with E-state index in [1.165, 1.54) is 32.1 Å². The Morgan fingerprint density at radius 2 is 1.86 bits per heavy atom. The van der Waals surface area contributed by atoms with Gasteiger partial charge in [-0.25, -0.2) is 0 Å². The van der Waals surface area contributed by atoms with Crippen molar-refractivity contribution in [2.24, 2.45) is 5.92 Å². The lowest BCUT2D eigenvalue weighted by Crippen LogP contribution is -2.49. The zero-order chi connectivity index (χ0) is 15.4. The highest BCUT2D eigenvalue weighted by Gasteiger charge is 2.33. The van der Waals surface area contributed by atoms with Crippen LogP contribution in [-0.2, 0) is 4.79 Å². The maximum Gasteiger partial charge on any atom is 0.265 e. The number of fused-ring (bicyclic) bond motifs is 1. The molecule has 2 unspecified atom stereocenters. The first-order valence-electron chi connectivity index (χ1n) is 8.44. The Hall–Kier alpha value is -1.71. The summed E-state index contributed by atoms with van der Waals surface area (Å²) in [6.45, 7) is 2.60. The van der Waals surface area contributed by atoms with Crippen LogP contribution < -0.4 is 14.8 Å². The molecule has 2 atom stereocenters. The molecule has 1 aromatic carbocycles. The van der Waals surface area contributed by atoms with Crippen LogP contribution in [0.2, 0.25) is 0 Å². The second kappa shape index (κ2) is 7.03. The molecule has 1 aliphatic carbocycles. The molecule has 1 N–H and O–H groups in total. The highest BCUT2D eigenvalue weighted by molar-refractivity contribution is 5.82. The number of para-hydroxylation sites is 2. The molecule has 2 aliphatic rings. The molecule has 120 valence electrons. The molecule has 0 aromatic heterocycles. The van der Waals surface area contributed by atoms with Crippen LogP contribution in [0.15, 0.2) is 24.3 Å². The molecule has 0 bridgehead atoms. The molecule has 1 aliphatic heterocycles. The van der Waals surface area contributed by atoms with E-state index < -0.39 is 6.10 Å². The molecule has 4 heteroatoms. The minimum absolute atomic E-state index is 0.0755. The first-order valence-corrected chi connectivity index (χ1v) is 8.44. The largest absolute Gasteiger partial charge is 0.482 e. The van der Waals surface area contributed by atoms with Crippen LogP contribution >= 0.6 is 0 Å². The summed E-state index contributed by atoms with van der Waals surface area (Å²) in [6, 6.07) is 7.48. The summed E-state index contributed by atoms with van der Waals surface area (Å²) in [4.78, 5) is 12.3. The van der Waals surface area contributed by atoms with Crippen LogP contribution in [0.4, 0.5) is 0 Å². The van der Waals surface area contributed by atoms with E-state index in [2.05, 4.69) is 5.32 Å². The average molecular weight is 303 g/mol. The van der Waals surface area contributed by atoms with E-state index in [0.29, 0.717) is 11.5 Å². The van der Waals surface area contributed by atoms with E-state index in [0.717, 1.165) is 18.9 Å². The topological polar surface area (TPSA) is 47.6 Å². The highest BCUT2D eigenvalue weighted by Crippen LogP contribution is 2.33. The maximum absolute atomic E-state index is 12.3. The average Bonchev–Trinajstić information content (AvgIpc) is 3.04. The predicted molar refractivity (Wildman–Crippen MR) is 85.1 cm³/mol. The molecule has 1 saturated carbocycles. The maximum atomic E-state index is 12.3. The minimum atomic E-state index is -0.568. The fourth-order valence-electron chi connectivity index (χ4n) is 3.41. The van der Waals surface area contributed by atoms with E-state index in [9.17, 15) is 4.79 Å². The van der Waals surface area contributed by atoms with Crippen LogP contribution in [0.5, 0.6) is 11.5 Å². The third kappa shape index (κ3) is 3.54. The summed E-state index contributed by atoms with van der Waals surface area (Å²) in [5, 5.41) is 2.99. The van der Waals surface area contributed by atoms with Crippen LogP contribution in [0.3, 0.4) is 0 Å². The van der Waals surface area contributed by atoms with Crippen molar-refractivity contribution < 1.29 is 14.3 Å². The van der Waals surface area contributed by atoms with Crippen LogP contribution in [0.25, 0.3) is 0 Å². The molecule has 3 rings (SSSR count). The number of rotatable bonds is 5. The Kier molecular flexibility index (Phi) is 4.86. The highest BCUT2D eigenvalue weighted by atomic mass is 16.6. The van der Waals surface area contributed by atoms with E-state index in [4.69, 9.17) is 9.47 Å². The molecule has 0 spiro atoms. The lowest BCUT2D eigenvalue weighted by molar-refractivity contribution is -0.133. The molecule has 0 saturated heterocycles. The van der Waals surface area contributed by atoms with Crippen molar-refractivity contribution in [1.82, 2.24) is 5.32 Å². The van der Waals surface area contributed by atoms with Gasteiger partial charge in [-0.2, -0.15) is 0 Å². The van der Waals surface area contributed by atoms with Crippen LogP contribution in [0.1, 0.15) is 45.4 Å². The van der Waals surface area contributed by atoms with Gasteiger partial charge in [0.2, 0.25) is 6.10 Å². The molecule has 4 nitrogen and oxygen atoms in total. The normalized spacial score (nSPS) is 24.2. The number of hydrogen-bond donors (Lipinski definition) is 1. The quantitative estimate of drug-likeness (QED) is 0.849. The Bertz CT molecular complexity index is 511. The van der Waals surface area contributed by atoms with Gasteiger partial charge >= 0.3 is 0 Å². The van der Waals surface area contributed by atoms with Crippen molar-refractivity contribution in [1.29, 1.82) is 0 Å². The van der Waals surface area contributed by atoms with E-state index >= 15 is 0 Å². The van der Waals surface area contributed by atoms with Crippen molar-refractivity contribution in [3.63, 3.8) is 0 Å². The fraction of sp³-hybridized carbons (Fsp3) is 0.611. The molecule has 1 amide bonds. The number of benzene rings is 1. The molecule has 1 fully saturated rings. The number of ether oxygens (including phenoxy) is 2. The summed E-state index contributed by atoms with van der Waals surface area (Å²) in [5.41, 5.74) is 0. The van der Waals surface area contributed by atoms with Crippen molar-refractivity contribution in [2.75, 3.05) is 6.54 Å². The Morgan fingerprint density at radius 1 is 1.18 bits per heavy atom. The molecule has 22 heavy (non-hydrogen) atoms. The van der Waals surface area contributed by atoms with E-state index in [1.807, 2.05) is 31.2 Å². The van der Waals surface area contributed by atoms with Gasteiger partial charge in [0.25, 0.3) is 5.91 Å². The molecular weight excluding hydrogens is 278 g/mol. The van der Waals surface area contributed by atoms with Gasteiger partial charge in [0, 0.05) is 6.54 Å². The third-order valence-electron chi connectivity index (χ3n) is 4.66. The summed E-state index contributed by atoms with van der Waals surface area (Å²) in [5.74, 6) is 2.15. The number of carbonyl (C=O) groups is 1. The Morgan fingerprint density at radius 3 is 2.59 bits per heavy atom. The number of carbonyl (C=O) groups excluding carboxylic acids is 1. The van der Waals surface area contributed by atoms with Crippen LogP contribution in [-0.4, -0.2) is 24.7 Å². The van der Waals surface area contributed by atoms with Crippen molar-refractivity contribution >= 4 is 5.91 Å². The van der Waals surface area contributed by atoms with Gasteiger partial charge < -0.3 is 14.8 Å². The third-order valence-corrected chi connectivity index (χ3v) is 4.66. The molecule has 1 aromatic rings. The van der Waals surface area contributed by atoms with Crippen LogP contribution in [0, 0.1) is 5.92 Å². The van der Waals surface area contributed by atoms with E-state index in [-0.39, 0.29) is 12.0 Å². The number of amides is 1. The van der Waals surface area contributed by atoms with E-state index in [1.54, 1.807) is 0 Å². The first kappa shape index (κ1) is 15.2. The van der Waals surface area contributed by atoms with Gasteiger partial charge in [0.1, 0.15) is 6.10 Å². The molecule has 1 heterocycles. The fourth-order valence-corrected chi connectivity index (χ4v) is 3.41. The molecular formula is C18H25NO3. The van der Waals surface area contributed by atoms with Gasteiger partial charge in [-0.3, -0.25) is 4.79 Å². The zero-order valence-electron chi connectivity index (χ0n) is 13.2. The minimum Gasteiger partial charge on any atom is -0.482 e. The smallest absolute Gasteiger partial charge is 0.265 e. The zero-order valence-corrected chi connectivity index (χ0v) is 13.2. The Balaban J connectivity index is 1.45. The lowest BCUT2D eigenvalue weighted by atomic mass is 10.0. The summed E-state index contributed by atoms with van der Waals surface area (Å²) >= 11 is 0. The summed E-state index contributed by atoms with van der Waals surface area (Å²) in [6.07, 6.45) is 6.91. The predicted octanol–water partition coefficient (Wildman–Crippen LogP) is 3.30. The Labute approximate surface area is 132 Å². The van der Waals surface area contributed by atoms with Crippen molar-refractivity contribution in [3.05, 3.63) is 24.3 Å². The van der Waals surface area contributed by atoms with Gasteiger partial charge in [0.05, 0.1) is 0 Å². The number of nitrogens with one attached hydrogen (secondary N) is 1. The first-order chi connectivity index (χ1) is 10.7. The summed E-state index contributed by atoms with van der Waals surface area (Å²) < 4.78 is 11.6. The van der Waals surface area contributed by atoms with Gasteiger partial charge in [0.15, 0.2) is 11.5 Å². The van der Waals surface area contributed by atoms with Gasteiger partial charge in [-0.1, -0.05) is 37.8 Å². The monoisotopic (exact) mass is 303 g/mol.